The fourth-order valence-electron chi connectivity index (χ4n) is 2.86. The van der Waals surface area contributed by atoms with Crippen LogP contribution in [0.15, 0.2) is 12.7 Å². The molecule has 0 aromatic carbocycles. The largest absolute Gasteiger partial charge is 0.461 e. The van der Waals surface area contributed by atoms with Crippen molar-refractivity contribution in [2.75, 3.05) is 6.61 Å². The molecule has 1 saturated carbocycles. The lowest BCUT2D eigenvalue weighted by Gasteiger charge is -2.01. The average molecular weight is 218 g/mol. The van der Waals surface area contributed by atoms with Crippen LogP contribution >= 0.6 is 0 Å². The molecule has 1 N–H and O–H groups in total. The molecule has 1 aromatic heterocycles. The van der Waals surface area contributed by atoms with Gasteiger partial charge in [-0.15, -0.1) is 6.58 Å². The van der Waals surface area contributed by atoms with Crippen LogP contribution in [0.2, 0.25) is 0 Å². The Morgan fingerprint density at radius 1 is 1.75 bits per heavy atom. The molecule has 84 valence electrons. The highest BCUT2D eigenvalue weighted by atomic mass is 16.5. The molecular formula is C12H14N2O2. The number of aromatic nitrogens is 2. The van der Waals surface area contributed by atoms with Gasteiger partial charge in [-0.25, -0.2) is 4.79 Å². The maximum absolute atomic E-state index is 11.6. The molecule has 0 amide bonds. The lowest BCUT2D eigenvalue weighted by atomic mass is 10.1. The zero-order valence-electron chi connectivity index (χ0n) is 9.19. The van der Waals surface area contributed by atoms with E-state index in [1.807, 2.05) is 6.08 Å². The normalized spacial score (nSPS) is 29.4. The van der Waals surface area contributed by atoms with Crippen molar-refractivity contribution in [3.8, 4) is 0 Å². The van der Waals surface area contributed by atoms with Gasteiger partial charge in [-0.2, -0.15) is 5.10 Å². The van der Waals surface area contributed by atoms with Crippen molar-refractivity contribution >= 4 is 5.97 Å². The van der Waals surface area contributed by atoms with Gasteiger partial charge < -0.3 is 4.74 Å². The van der Waals surface area contributed by atoms with E-state index in [1.54, 1.807) is 6.92 Å². The maximum Gasteiger partial charge on any atom is 0.359 e. The number of ether oxygens (including phenoxy) is 1. The zero-order valence-corrected chi connectivity index (χ0v) is 9.19. The molecule has 0 bridgehead atoms. The molecule has 0 spiro atoms. The van der Waals surface area contributed by atoms with Crippen LogP contribution in [0.1, 0.15) is 34.6 Å². The highest BCUT2D eigenvalue weighted by molar-refractivity contribution is 5.89. The van der Waals surface area contributed by atoms with Crippen molar-refractivity contribution in [3.05, 3.63) is 29.6 Å². The van der Waals surface area contributed by atoms with Crippen LogP contribution in [0.3, 0.4) is 0 Å². The first kappa shape index (κ1) is 9.63. The summed E-state index contributed by atoms with van der Waals surface area (Å²) < 4.78 is 4.97. The second-order valence-corrected chi connectivity index (χ2v) is 4.39. The van der Waals surface area contributed by atoms with E-state index in [-0.39, 0.29) is 5.97 Å². The number of rotatable bonds is 3. The molecule has 3 atom stereocenters. The lowest BCUT2D eigenvalue weighted by molar-refractivity contribution is 0.0518. The van der Waals surface area contributed by atoms with Crippen LogP contribution in [-0.4, -0.2) is 22.8 Å². The lowest BCUT2D eigenvalue weighted by Crippen LogP contribution is -2.08. The van der Waals surface area contributed by atoms with Gasteiger partial charge in [0.15, 0.2) is 5.69 Å². The van der Waals surface area contributed by atoms with Gasteiger partial charge >= 0.3 is 5.97 Å². The average Bonchev–Trinajstić information content (AvgIpc) is 2.64. The predicted molar refractivity (Wildman–Crippen MR) is 58.2 cm³/mol. The van der Waals surface area contributed by atoms with Crippen molar-refractivity contribution in [1.29, 1.82) is 0 Å². The first-order valence-corrected chi connectivity index (χ1v) is 5.64. The number of carbonyl (C=O) groups is 1. The van der Waals surface area contributed by atoms with Gasteiger partial charge in [0.1, 0.15) is 0 Å². The van der Waals surface area contributed by atoms with E-state index in [0.29, 0.717) is 30.1 Å². The number of hydrogen-bond acceptors (Lipinski definition) is 3. The summed E-state index contributed by atoms with van der Waals surface area (Å²) in [5.74, 6) is 1.41. The molecule has 0 radical (unpaired) electrons. The molecule has 3 rings (SSSR count). The number of carbonyl (C=O) groups excluding carboxylic acids is 1. The number of aromatic amines is 1. The van der Waals surface area contributed by atoms with Gasteiger partial charge in [0.05, 0.1) is 6.61 Å². The fourth-order valence-corrected chi connectivity index (χ4v) is 2.86. The number of fused-ring (bicyclic) bond motifs is 3. The molecular weight excluding hydrogens is 204 g/mol. The number of esters is 1. The third-order valence-electron chi connectivity index (χ3n) is 3.64. The Morgan fingerprint density at radius 2 is 2.56 bits per heavy atom. The molecule has 4 heteroatoms. The van der Waals surface area contributed by atoms with E-state index in [2.05, 4.69) is 16.8 Å². The summed E-state index contributed by atoms with van der Waals surface area (Å²) in [4.78, 5) is 11.6. The maximum atomic E-state index is 11.6. The van der Waals surface area contributed by atoms with Gasteiger partial charge in [-0.3, -0.25) is 5.10 Å². The van der Waals surface area contributed by atoms with E-state index < -0.39 is 0 Å². The fraction of sp³-hybridized carbons (Fsp3) is 0.500. The summed E-state index contributed by atoms with van der Waals surface area (Å²) in [6, 6.07) is 0. The van der Waals surface area contributed by atoms with E-state index in [9.17, 15) is 4.79 Å². The highest BCUT2D eigenvalue weighted by Gasteiger charge is 2.56. The molecule has 3 unspecified atom stereocenters. The van der Waals surface area contributed by atoms with E-state index in [4.69, 9.17) is 4.74 Å². The second-order valence-electron chi connectivity index (χ2n) is 4.39. The van der Waals surface area contributed by atoms with Crippen LogP contribution < -0.4 is 0 Å². The van der Waals surface area contributed by atoms with Crippen molar-refractivity contribution in [1.82, 2.24) is 10.2 Å². The number of hydrogen-bond donors (Lipinski definition) is 1. The van der Waals surface area contributed by atoms with Gasteiger partial charge in [0.25, 0.3) is 0 Å². The smallest absolute Gasteiger partial charge is 0.359 e. The minimum atomic E-state index is -0.309. The Morgan fingerprint density at radius 3 is 3.25 bits per heavy atom. The van der Waals surface area contributed by atoms with Gasteiger partial charge in [-0.05, 0) is 25.2 Å². The minimum absolute atomic E-state index is 0.309. The molecule has 0 saturated heterocycles. The summed E-state index contributed by atoms with van der Waals surface area (Å²) in [6.07, 6.45) is 2.94. The predicted octanol–water partition coefficient (Wildman–Crippen LogP) is 1.66. The van der Waals surface area contributed by atoms with Crippen LogP contribution in [0.25, 0.3) is 0 Å². The first-order valence-electron chi connectivity index (χ1n) is 5.64. The van der Waals surface area contributed by atoms with E-state index >= 15 is 0 Å². The van der Waals surface area contributed by atoms with Gasteiger partial charge in [0, 0.05) is 17.2 Å². The van der Waals surface area contributed by atoms with Crippen LogP contribution in [0.5, 0.6) is 0 Å². The molecule has 0 aliphatic heterocycles. The SMILES string of the molecule is C=CC1C2Cc3c(C(=O)OCC)n[nH]c3C12. The Labute approximate surface area is 93.7 Å². The molecule has 2 aliphatic rings. The number of H-pyrrole nitrogens is 1. The molecule has 4 nitrogen and oxygen atoms in total. The third kappa shape index (κ3) is 1.10. The van der Waals surface area contributed by atoms with Crippen LogP contribution in [0.4, 0.5) is 0 Å². The van der Waals surface area contributed by atoms with Gasteiger partial charge in [0.2, 0.25) is 0 Å². The Kier molecular flexibility index (Phi) is 1.93. The van der Waals surface area contributed by atoms with Crippen LogP contribution in [-0.2, 0) is 11.2 Å². The Hall–Kier alpha value is -1.58. The molecule has 1 heterocycles. The minimum Gasteiger partial charge on any atom is -0.461 e. The van der Waals surface area contributed by atoms with Crippen molar-refractivity contribution in [2.45, 2.75) is 19.3 Å². The number of nitrogens with zero attached hydrogens (tertiary/aromatic N) is 1. The topological polar surface area (TPSA) is 55.0 Å². The van der Waals surface area contributed by atoms with Crippen molar-refractivity contribution in [2.24, 2.45) is 11.8 Å². The highest BCUT2D eigenvalue weighted by Crippen LogP contribution is 2.61. The summed E-state index contributed by atoms with van der Waals surface area (Å²) in [5.41, 5.74) is 2.66. The van der Waals surface area contributed by atoms with Crippen molar-refractivity contribution in [3.63, 3.8) is 0 Å². The number of nitrogens with one attached hydrogen (secondary N) is 1. The summed E-state index contributed by atoms with van der Waals surface area (Å²) >= 11 is 0. The quantitative estimate of drug-likeness (QED) is 0.620. The standard InChI is InChI=1S/C12H14N2O2/c1-3-6-7-5-8-10(9(6)7)13-14-11(8)12(15)16-4-2/h3,6-7,9H,1,4-5H2,2H3,(H,13,14). The van der Waals surface area contributed by atoms with E-state index in [0.717, 1.165) is 17.7 Å². The molecule has 2 aliphatic carbocycles. The monoisotopic (exact) mass is 218 g/mol. The second kappa shape index (κ2) is 3.20. The summed E-state index contributed by atoms with van der Waals surface area (Å²) in [7, 11) is 0. The molecule has 16 heavy (non-hydrogen) atoms. The number of allylic oxidation sites excluding steroid dienone is 1. The summed E-state index contributed by atoms with van der Waals surface area (Å²) in [6.45, 7) is 6.02. The Bertz CT molecular complexity index is 464. The van der Waals surface area contributed by atoms with Gasteiger partial charge in [-0.1, -0.05) is 6.08 Å². The third-order valence-corrected chi connectivity index (χ3v) is 3.64. The van der Waals surface area contributed by atoms with Crippen molar-refractivity contribution < 1.29 is 9.53 Å². The zero-order chi connectivity index (χ0) is 11.3. The Balaban J connectivity index is 1.89. The molecule has 1 aromatic rings. The summed E-state index contributed by atoms with van der Waals surface area (Å²) in [5, 5.41) is 7.05. The van der Waals surface area contributed by atoms with Crippen LogP contribution in [0, 0.1) is 11.8 Å². The first-order chi connectivity index (χ1) is 7.77. The van der Waals surface area contributed by atoms with E-state index in [1.165, 1.54) is 0 Å². The molecule has 1 fully saturated rings.